The molecule has 0 unspecified atom stereocenters. The van der Waals surface area contributed by atoms with Gasteiger partial charge in [0.25, 0.3) is 0 Å². The molecule has 5 nitrogen and oxygen atoms in total. The molecule has 23 heavy (non-hydrogen) atoms. The predicted octanol–water partition coefficient (Wildman–Crippen LogP) is 3.35. The number of esters is 1. The Kier molecular flexibility index (Phi) is 6.41. The number of rotatable bonds is 5. The molecule has 0 aliphatic carbocycles. The van der Waals surface area contributed by atoms with Crippen molar-refractivity contribution < 1.29 is 27.5 Å². The van der Waals surface area contributed by atoms with Crippen molar-refractivity contribution >= 4 is 17.7 Å². The smallest absolute Gasteiger partial charge is 0.319 e. The third kappa shape index (κ3) is 6.58. The maximum absolute atomic E-state index is 13.4. The second kappa shape index (κ2) is 7.85. The number of halogens is 3. The van der Waals surface area contributed by atoms with Gasteiger partial charge in [0.15, 0.2) is 17.5 Å². The molecule has 2 amide bonds. The van der Waals surface area contributed by atoms with Gasteiger partial charge in [0.05, 0.1) is 5.69 Å². The van der Waals surface area contributed by atoms with Crippen LogP contribution in [0.5, 0.6) is 0 Å². The first kappa shape index (κ1) is 18.8. The van der Waals surface area contributed by atoms with E-state index in [0.717, 1.165) is 6.07 Å². The van der Waals surface area contributed by atoms with Gasteiger partial charge in [-0.2, -0.15) is 0 Å². The van der Waals surface area contributed by atoms with Gasteiger partial charge in [-0.3, -0.25) is 4.79 Å². The number of carbonyl (C=O) groups excluding carboxylic acids is 2. The second-order valence-electron chi connectivity index (χ2n) is 5.79. The van der Waals surface area contributed by atoms with Crippen LogP contribution in [0.3, 0.4) is 0 Å². The van der Waals surface area contributed by atoms with Gasteiger partial charge in [-0.1, -0.05) is 0 Å². The summed E-state index contributed by atoms with van der Waals surface area (Å²) in [6, 6.07) is 0.823. The van der Waals surface area contributed by atoms with Gasteiger partial charge in [-0.15, -0.1) is 0 Å². The molecule has 0 saturated carbocycles. The number of hydrogen-bond donors (Lipinski definition) is 2. The van der Waals surface area contributed by atoms with Crippen LogP contribution in [0, 0.1) is 17.5 Å². The average molecular weight is 332 g/mol. The first-order valence-electron chi connectivity index (χ1n) is 7.00. The highest BCUT2D eigenvalue weighted by Gasteiger charge is 2.16. The Bertz CT molecular complexity index is 586. The highest BCUT2D eigenvalue weighted by molar-refractivity contribution is 5.89. The summed E-state index contributed by atoms with van der Waals surface area (Å²) in [4.78, 5) is 22.9. The summed E-state index contributed by atoms with van der Waals surface area (Å²) in [5, 5.41) is 4.43. The quantitative estimate of drug-likeness (QED) is 0.494. The van der Waals surface area contributed by atoms with Crippen molar-refractivity contribution in [2.24, 2.45) is 0 Å². The minimum absolute atomic E-state index is 0.108. The molecule has 1 aromatic rings. The van der Waals surface area contributed by atoms with Gasteiger partial charge in [0, 0.05) is 13.0 Å². The van der Waals surface area contributed by atoms with Crippen molar-refractivity contribution in [3.8, 4) is 0 Å². The van der Waals surface area contributed by atoms with E-state index in [-0.39, 0.29) is 13.0 Å². The van der Waals surface area contributed by atoms with Crippen molar-refractivity contribution in [3.63, 3.8) is 0 Å². The lowest BCUT2D eigenvalue weighted by atomic mass is 10.2. The van der Waals surface area contributed by atoms with Crippen LogP contribution in [0.4, 0.5) is 23.7 Å². The second-order valence-corrected chi connectivity index (χ2v) is 5.79. The van der Waals surface area contributed by atoms with Crippen LogP contribution in [0.2, 0.25) is 0 Å². The molecule has 0 saturated heterocycles. The van der Waals surface area contributed by atoms with Crippen LogP contribution in [0.1, 0.15) is 33.6 Å². The molecular weight excluding hydrogens is 313 g/mol. The summed E-state index contributed by atoms with van der Waals surface area (Å²) in [5.41, 5.74) is -1.06. The molecule has 1 aromatic carbocycles. The topological polar surface area (TPSA) is 67.4 Å². The summed E-state index contributed by atoms with van der Waals surface area (Å²) >= 11 is 0. The lowest BCUT2D eigenvalue weighted by Gasteiger charge is -2.19. The Labute approximate surface area is 132 Å². The predicted molar refractivity (Wildman–Crippen MR) is 78.4 cm³/mol. The number of hydrogen-bond acceptors (Lipinski definition) is 3. The molecular formula is C15H19F3N2O3. The van der Waals surface area contributed by atoms with Crippen molar-refractivity contribution in [2.75, 3.05) is 11.9 Å². The highest BCUT2D eigenvalue weighted by Crippen LogP contribution is 2.19. The van der Waals surface area contributed by atoms with E-state index in [1.165, 1.54) is 0 Å². The van der Waals surface area contributed by atoms with Crippen molar-refractivity contribution in [1.82, 2.24) is 5.32 Å². The third-order valence-electron chi connectivity index (χ3n) is 2.55. The number of ether oxygens (including phenoxy) is 1. The molecule has 0 heterocycles. The van der Waals surface area contributed by atoms with E-state index in [1.54, 1.807) is 20.8 Å². The van der Waals surface area contributed by atoms with Crippen molar-refractivity contribution in [1.29, 1.82) is 0 Å². The molecule has 1 rings (SSSR count). The number of benzene rings is 1. The minimum Gasteiger partial charge on any atom is -0.460 e. The number of amides is 2. The molecule has 0 atom stereocenters. The fraction of sp³-hybridized carbons (Fsp3) is 0.467. The Balaban J connectivity index is 2.36. The first-order valence-corrected chi connectivity index (χ1v) is 7.00. The van der Waals surface area contributed by atoms with Crippen LogP contribution < -0.4 is 10.6 Å². The maximum atomic E-state index is 13.4. The Morgan fingerprint density at radius 2 is 1.78 bits per heavy atom. The van der Waals surface area contributed by atoms with Gasteiger partial charge < -0.3 is 15.4 Å². The summed E-state index contributed by atoms with van der Waals surface area (Å²) in [5.74, 6) is -4.88. The molecule has 0 radical (unpaired) electrons. The SMILES string of the molecule is CC(C)(C)OC(=O)CCCNC(=O)Nc1ccc(F)c(F)c1F. The van der Waals surface area contributed by atoms with E-state index in [0.29, 0.717) is 12.5 Å². The van der Waals surface area contributed by atoms with Gasteiger partial charge in [-0.25, -0.2) is 18.0 Å². The number of anilines is 1. The fourth-order valence-corrected chi connectivity index (χ4v) is 1.62. The Hall–Kier alpha value is -2.25. The van der Waals surface area contributed by atoms with E-state index in [4.69, 9.17) is 4.74 Å². The summed E-state index contributed by atoms with van der Waals surface area (Å²) in [6.07, 6.45) is 0.430. The summed E-state index contributed by atoms with van der Waals surface area (Å²) in [6.45, 7) is 5.36. The number of carbonyl (C=O) groups is 2. The van der Waals surface area contributed by atoms with E-state index < -0.39 is 40.7 Å². The average Bonchev–Trinajstić information content (AvgIpc) is 2.42. The molecule has 2 N–H and O–H groups in total. The van der Waals surface area contributed by atoms with Crippen molar-refractivity contribution in [3.05, 3.63) is 29.6 Å². The van der Waals surface area contributed by atoms with Gasteiger partial charge in [-0.05, 0) is 39.3 Å². The van der Waals surface area contributed by atoms with Gasteiger partial charge >= 0.3 is 12.0 Å². The summed E-state index contributed by atoms with van der Waals surface area (Å²) < 4.78 is 44.2. The molecule has 8 heteroatoms. The molecule has 0 aliphatic heterocycles. The zero-order valence-electron chi connectivity index (χ0n) is 13.1. The first-order chi connectivity index (χ1) is 10.6. The van der Waals surface area contributed by atoms with Gasteiger partial charge in [0.1, 0.15) is 5.60 Å². The standard InChI is InChI=1S/C15H19F3N2O3/c1-15(2,3)23-11(21)5-4-8-19-14(22)20-10-7-6-9(16)12(17)13(10)18/h6-7H,4-5,8H2,1-3H3,(H2,19,20,22). The third-order valence-corrected chi connectivity index (χ3v) is 2.55. The zero-order chi connectivity index (χ0) is 17.6. The largest absolute Gasteiger partial charge is 0.460 e. The number of urea groups is 1. The van der Waals surface area contributed by atoms with Crippen LogP contribution in [-0.2, 0) is 9.53 Å². The highest BCUT2D eigenvalue weighted by atomic mass is 19.2. The number of nitrogens with one attached hydrogen (secondary N) is 2. The Morgan fingerprint density at radius 1 is 1.13 bits per heavy atom. The lowest BCUT2D eigenvalue weighted by Crippen LogP contribution is -2.31. The zero-order valence-corrected chi connectivity index (χ0v) is 13.1. The molecule has 0 aliphatic rings. The van der Waals surface area contributed by atoms with Crippen LogP contribution in [-0.4, -0.2) is 24.1 Å². The Morgan fingerprint density at radius 3 is 2.39 bits per heavy atom. The minimum atomic E-state index is -1.66. The monoisotopic (exact) mass is 332 g/mol. The van der Waals surface area contributed by atoms with E-state index >= 15 is 0 Å². The lowest BCUT2D eigenvalue weighted by molar-refractivity contribution is -0.154. The molecule has 0 bridgehead atoms. The molecule has 0 fully saturated rings. The van der Waals surface area contributed by atoms with E-state index in [9.17, 15) is 22.8 Å². The van der Waals surface area contributed by atoms with Crippen LogP contribution in [0.25, 0.3) is 0 Å². The summed E-state index contributed by atoms with van der Waals surface area (Å²) in [7, 11) is 0. The maximum Gasteiger partial charge on any atom is 0.319 e. The molecule has 0 aromatic heterocycles. The van der Waals surface area contributed by atoms with Gasteiger partial charge in [0.2, 0.25) is 0 Å². The fourth-order valence-electron chi connectivity index (χ4n) is 1.62. The van der Waals surface area contributed by atoms with Crippen LogP contribution >= 0.6 is 0 Å². The normalized spacial score (nSPS) is 11.0. The van der Waals surface area contributed by atoms with Crippen LogP contribution in [0.15, 0.2) is 12.1 Å². The molecule has 128 valence electrons. The molecule has 0 spiro atoms. The van der Waals surface area contributed by atoms with E-state index in [1.807, 2.05) is 0 Å². The van der Waals surface area contributed by atoms with E-state index in [2.05, 4.69) is 10.6 Å². The van der Waals surface area contributed by atoms with Crippen molar-refractivity contribution in [2.45, 2.75) is 39.2 Å².